The van der Waals surface area contributed by atoms with Crippen molar-refractivity contribution in [3.05, 3.63) is 10.6 Å². The van der Waals surface area contributed by atoms with Gasteiger partial charge >= 0.3 is 0 Å². The molecule has 2 aromatic rings. The predicted octanol–water partition coefficient (Wildman–Crippen LogP) is 2.49. The normalized spacial score (nSPS) is 23.0. The maximum atomic E-state index is 12.9. The van der Waals surface area contributed by atoms with Gasteiger partial charge < -0.3 is 10.6 Å². The summed E-state index contributed by atoms with van der Waals surface area (Å²) in [4.78, 5) is 16.5. The van der Waals surface area contributed by atoms with E-state index in [0.717, 1.165) is 28.2 Å². The number of carbonyl (C=O) groups is 1. The first-order valence-corrected chi connectivity index (χ1v) is 8.92. The van der Waals surface area contributed by atoms with Crippen LogP contribution in [0.4, 0.5) is 5.69 Å². The molecule has 114 valence electrons. The number of aromatic nitrogens is 2. The fourth-order valence-corrected chi connectivity index (χ4v) is 5.08. The Labute approximate surface area is 132 Å². The number of nitrogen functional groups attached to an aromatic ring is 1. The zero-order valence-electron chi connectivity index (χ0n) is 12.7. The van der Waals surface area contributed by atoms with Crippen molar-refractivity contribution in [3.8, 4) is 0 Å². The molecule has 1 aliphatic rings. The third-order valence-electron chi connectivity index (χ3n) is 4.22. The largest absolute Gasteiger partial charge is 0.397 e. The zero-order valence-corrected chi connectivity index (χ0v) is 14.3. The lowest BCUT2D eigenvalue weighted by atomic mass is 10.2. The van der Waals surface area contributed by atoms with E-state index in [0.29, 0.717) is 15.8 Å². The smallest absolute Gasteiger partial charge is 0.266 e. The second kappa shape index (κ2) is 5.21. The van der Waals surface area contributed by atoms with Crippen molar-refractivity contribution >= 4 is 44.9 Å². The Hall–Kier alpha value is -1.21. The molecule has 3 rings (SSSR count). The highest BCUT2D eigenvalue weighted by atomic mass is 32.2. The molecule has 7 heteroatoms. The Morgan fingerprint density at radius 2 is 2.14 bits per heavy atom. The average Bonchev–Trinajstić information content (AvgIpc) is 2.92. The Kier molecular flexibility index (Phi) is 3.65. The van der Waals surface area contributed by atoms with E-state index >= 15 is 0 Å². The number of anilines is 1. The van der Waals surface area contributed by atoms with Gasteiger partial charge in [0.15, 0.2) is 0 Å². The van der Waals surface area contributed by atoms with Crippen LogP contribution in [0, 0.1) is 6.92 Å². The molecule has 3 heterocycles. The van der Waals surface area contributed by atoms with Gasteiger partial charge in [0.1, 0.15) is 9.71 Å². The van der Waals surface area contributed by atoms with Crippen LogP contribution >= 0.6 is 23.1 Å². The molecule has 0 spiro atoms. The highest BCUT2D eigenvalue weighted by Crippen LogP contribution is 2.37. The number of hydrogen-bond acceptors (Lipinski definition) is 5. The number of hydrogen-bond donors (Lipinski definition) is 1. The molecular weight excluding hydrogens is 304 g/mol. The first-order valence-electron chi connectivity index (χ1n) is 7.06. The van der Waals surface area contributed by atoms with Crippen LogP contribution in [-0.2, 0) is 7.05 Å². The monoisotopic (exact) mass is 324 g/mol. The number of thioether (sulfide) groups is 1. The van der Waals surface area contributed by atoms with Crippen LogP contribution in [0.5, 0.6) is 0 Å². The Morgan fingerprint density at radius 1 is 1.43 bits per heavy atom. The number of fused-ring (bicyclic) bond motifs is 1. The Balaban J connectivity index is 2.02. The fraction of sp³-hybridized carbons (Fsp3) is 0.571. The van der Waals surface area contributed by atoms with Crippen LogP contribution < -0.4 is 5.73 Å². The number of aryl methyl sites for hydroxylation is 2. The number of amides is 1. The van der Waals surface area contributed by atoms with Gasteiger partial charge in [-0.2, -0.15) is 16.9 Å². The lowest BCUT2D eigenvalue weighted by Gasteiger charge is -2.37. The van der Waals surface area contributed by atoms with E-state index in [2.05, 4.69) is 18.9 Å². The van der Waals surface area contributed by atoms with Gasteiger partial charge in [0.25, 0.3) is 5.91 Å². The van der Waals surface area contributed by atoms with Gasteiger partial charge in [0.05, 0.1) is 16.8 Å². The quantitative estimate of drug-likeness (QED) is 0.875. The summed E-state index contributed by atoms with van der Waals surface area (Å²) in [7, 11) is 1.89. The molecule has 0 aromatic carbocycles. The maximum Gasteiger partial charge on any atom is 0.266 e. The summed E-state index contributed by atoms with van der Waals surface area (Å²) >= 11 is 3.38. The second-order valence-electron chi connectivity index (χ2n) is 5.55. The minimum absolute atomic E-state index is 0.0627. The molecule has 0 saturated carbocycles. The first kappa shape index (κ1) is 14.7. The molecule has 2 unspecified atom stereocenters. The Bertz CT molecular complexity index is 705. The van der Waals surface area contributed by atoms with Crippen LogP contribution in [0.3, 0.4) is 0 Å². The standard InChI is InChI=1S/C14H20N4OS2/c1-7-10-11(15)12(21-14(10)17(4)16-7)13(19)18-5-6-20-9(3)8(18)2/h8-9H,5-6,15H2,1-4H3. The van der Waals surface area contributed by atoms with Crippen LogP contribution in [-0.4, -0.2) is 44.2 Å². The molecule has 1 saturated heterocycles. The van der Waals surface area contributed by atoms with Crippen molar-refractivity contribution in [1.82, 2.24) is 14.7 Å². The fourth-order valence-electron chi connectivity index (χ4n) is 2.84. The molecule has 0 aliphatic carbocycles. The van der Waals surface area contributed by atoms with Crippen LogP contribution in [0.1, 0.15) is 29.2 Å². The topological polar surface area (TPSA) is 64.2 Å². The summed E-state index contributed by atoms with van der Waals surface area (Å²) in [6.45, 7) is 7.02. The van der Waals surface area contributed by atoms with Gasteiger partial charge in [-0.25, -0.2) is 0 Å². The molecular formula is C14H20N4OS2. The number of thiophene rings is 1. The molecule has 2 atom stereocenters. The van der Waals surface area contributed by atoms with Crippen LogP contribution in [0.25, 0.3) is 10.2 Å². The molecule has 1 amide bonds. The lowest BCUT2D eigenvalue weighted by molar-refractivity contribution is 0.0704. The molecule has 0 radical (unpaired) electrons. The van der Waals surface area contributed by atoms with Crippen molar-refractivity contribution in [2.45, 2.75) is 32.1 Å². The van der Waals surface area contributed by atoms with Gasteiger partial charge in [0.2, 0.25) is 0 Å². The molecule has 5 nitrogen and oxygen atoms in total. The number of nitrogens with two attached hydrogens (primary N) is 1. The summed E-state index contributed by atoms with van der Waals surface area (Å²) in [5.74, 6) is 1.05. The molecule has 21 heavy (non-hydrogen) atoms. The van der Waals surface area contributed by atoms with E-state index in [1.165, 1.54) is 11.3 Å². The molecule has 1 aliphatic heterocycles. The second-order valence-corrected chi connectivity index (χ2v) is 8.03. The van der Waals surface area contributed by atoms with Gasteiger partial charge in [0, 0.05) is 30.6 Å². The Morgan fingerprint density at radius 3 is 2.81 bits per heavy atom. The third-order valence-corrected chi connectivity index (χ3v) is 6.82. The molecule has 0 bridgehead atoms. The number of nitrogens with zero attached hydrogens (tertiary/aromatic N) is 3. The van der Waals surface area contributed by atoms with Crippen molar-refractivity contribution in [2.75, 3.05) is 18.0 Å². The highest BCUT2D eigenvalue weighted by molar-refractivity contribution is 8.00. The third kappa shape index (κ3) is 2.23. The van der Waals surface area contributed by atoms with Gasteiger partial charge in [-0.05, 0) is 13.8 Å². The summed E-state index contributed by atoms with van der Waals surface area (Å²) in [6.07, 6.45) is 0. The van der Waals surface area contributed by atoms with E-state index in [1.807, 2.05) is 30.6 Å². The lowest BCUT2D eigenvalue weighted by Crippen LogP contribution is -2.47. The summed E-state index contributed by atoms with van der Waals surface area (Å²) in [6, 6.07) is 0.236. The highest BCUT2D eigenvalue weighted by Gasteiger charge is 2.32. The SMILES string of the molecule is Cc1nn(C)c2sc(C(=O)N3CCSC(C)C3C)c(N)c12. The van der Waals surface area contributed by atoms with Gasteiger partial charge in [-0.15, -0.1) is 11.3 Å². The first-order chi connectivity index (χ1) is 9.91. The van der Waals surface area contributed by atoms with Crippen molar-refractivity contribution < 1.29 is 4.79 Å². The predicted molar refractivity (Wildman–Crippen MR) is 90.2 cm³/mol. The van der Waals surface area contributed by atoms with Gasteiger partial charge in [-0.1, -0.05) is 6.92 Å². The zero-order chi connectivity index (χ0) is 15.3. The summed E-state index contributed by atoms with van der Waals surface area (Å²) in [5.41, 5.74) is 7.72. The molecule has 2 aromatic heterocycles. The van der Waals surface area contributed by atoms with Gasteiger partial charge in [-0.3, -0.25) is 9.48 Å². The minimum atomic E-state index is 0.0627. The van der Waals surface area contributed by atoms with E-state index in [1.54, 1.807) is 4.68 Å². The van der Waals surface area contributed by atoms with Crippen molar-refractivity contribution in [2.24, 2.45) is 7.05 Å². The van der Waals surface area contributed by atoms with E-state index in [4.69, 9.17) is 5.73 Å². The minimum Gasteiger partial charge on any atom is -0.397 e. The van der Waals surface area contributed by atoms with Crippen LogP contribution in [0.2, 0.25) is 0 Å². The number of carbonyl (C=O) groups excluding carboxylic acids is 1. The summed E-state index contributed by atoms with van der Waals surface area (Å²) in [5, 5.41) is 5.76. The van der Waals surface area contributed by atoms with Crippen molar-refractivity contribution in [1.29, 1.82) is 0 Å². The van der Waals surface area contributed by atoms with E-state index < -0.39 is 0 Å². The molecule has 2 N–H and O–H groups in total. The van der Waals surface area contributed by atoms with Crippen LogP contribution in [0.15, 0.2) is 0 Å². The van der Waals surface area contributed by atoms with Crippen molar-refractivity contribution in [3.63, 3.8) is 0 Å². The van der Waals surface area contributed by atoms with E-state index in [-0.39, 0.29) is 11.9 Å². The number of rotatable bonds is 1. The maximum absolute atomic E-state index is 12.9. The average molecular weight is 324 g/mol. The van der Waals surface area contributed by atoms with E-state index in [9.17, 15) is 4.79 Å². The molecule has 1 fully saturated rings. The summed E-state index contributed by atoms with van der Waals surface area (Å²) < 4.78 is 1.81.